The fraction of sp³-hybridized carbons (Fsp3) is 0.765. The van der Waals surface area contributed by atoms with E-state index in [9.17, 15) is 5.11 Å². The summed E-state index contributed by atoms with van der Waals surface area (Å²) >= 11 is 1.80. The molecule has 1 aliphatic rings. The van der Waals surface area contributed by atoms with Gasteiger partial charge in [-0.2, -0.15) is 0 Å². The second-order valence-corrected chi connectivity index (χ2v) is 8.13. The van der Waals surface area contributed by atoms with Gasteiger partial charge in [-0.3, -0.25) is 0 Å². The van der Waals surface area contributed by atoms with Crippen molar-refractivity contribution in [2.75, 3.05) is 0 Å². The van der Waals surface area contributed by atoms with Crippen LogP contribution in [0.25, 0.3) is 0 Å². The van der Waals surface area contributed by atoms with E-state index < -0.39 is 0 Å². The highest BCUT2D eigenvalue weighted by Gasteiger charge is 2.31. The third kappa shape index (κ3) is 3.41. The lowest BCUT2D eigenvalue weighted by Gasteiger charge is -2.34. The molecule has 2 rings (SSSR count). The zero-order chi connectivity index (χ0) is 14.0. The standard InChI is InChI=1S/C17H28OS/c1-5-12-8-6-7-9-13(12)16(18)14-10-11-15(19-14)17(2,3)4/h10-13,16,18H,5-9H2,1-4H3. The average molecular weight is 280 g/mol. The number of hydrogen-bond acceptors (Lipinski definition) is 2. The van der Waals surface area contributed by atoms with Crippen LogP contribution >= 0.6 is 11.3 Å². The largest absolute Gasteiger partial charge is 0.387 e. The Bertz CT molecular complexity index is 402. The Balaban J connectivity index is 2.14. The Labute approximate surface area is 122 Å². The van der Waals surface area contributed by atoms with Gasteiger partial charge in [-0.1, -0.05) is 53.4 Å². The summed E-state index contributed by atoms with van der Waals surface area (Å²) in [7, 11) is 0. The molecular formula is C17H28OS. The van der Waals surface area contributed by atoms with Crippen LogP contribution in [0.3, 0.4) is 0 Å². The zero-order valence-electron chi connectivity index (χ0n) is 12.8. The predicted molar refractivity (Wildman–Crippen MR) is 83.7 cm³/mol. The molecule has 1 fully saturated rings. The van der Waals surface area contributed by atoms with Gasteiger partial charge in [-0.05, 0) is 35.8 Å². The molecule has 1 N–H and O–H groups in total. The quantitative estimate of drug-likeness (QED) is 0.797. The molecule has 1 saturated carbocycles. The molecule has 1 aromatic rings. The van der Waals surface area contributed by atoms with Gasteiger partial charge in [0.15, 0.2) is 0 Å². The molecule has 0 saturated heterocycles. The van der Waals surface area contributed by atoms with E-state index in [1.54, 1.807) is 11.3 Å². The maximum atomic E-state index is 10.7. The molecule has 3 unspecified atom stereocenters. The first kappa shape index (κ1) is 15.1. The number of rotatable bonds is 3. The van der Waals surface area contributed by atoms with Gasteiger partial charge in [0.2, 0.25) is 0 Å². The summed E-state index contributed by atoms with van der Waals surface area (Å²) in [5.74, 6) is 1.19. The Morgan fingerprint density at radius 3 is 2.53 bits per heavy atom. The fourth-order valence-electron chi connectivity index (χ4n) is 3.28. The second-order valence-electron chi connectivity index (χ2n) is 7.01. The van der Waals surface area contributed by atoms with E-state index in [4.69, 9.17) is 0 Å². The maximum Gasteiger partial charge on any atom is 0.0912 e. The third-order valence-electron chi connectivity index (χ3n) is 4.56. The molecule has 3 atom stereocenters. The van der Waals surface area contributed by atoms with Crippen molar-refractivity contribution < 1.29 is 5.11 Å². The molecule has 0 aliphatic heterocycles. The first-order valence-corrected chi connectivity index (χ1v) is 8.53. The van der Waals surface area contributed by atoms with E-state index in [-0.39, 0.29) is 11.5 Å². The monoisotopic (exact) mass is 280 g/mol. The van der Waals surface area contributed by atoms with E-state index in [0.717, 1.165) is 0 Å². The minimum Gasteiger partial charge on any atom is -0.387 e. The molecule has 108 valence electrons. The Morgan fingerprint density at radius 2 is 1.95 bits per heavy atom. The number of aliphatic hydroxyl groups is 1. The smallest absolute Gasteiger partial charge is 0.0912 e. The van der Waals surface area contributed by atoms with Crippen molar-refractivity contribution in [3.8, 4) is 0 Å². The second kappa shape index (κ2) is 5.97. The highest BCUT2D eigenvalue weighted by molar-refractivity contribution is 7.12. The van der Waals surface area contributed by atoms with Gasteiger partial charge in [-0.25, -0.2) is 0 Å². The molecule has 1 aromatic heterocycles. The van der Waals surface area contributed by atoms with Crippen molar-refractivity contribution in [2.24, 2.45) is 11.8 Å². The highest BCUT2D eigenvalue weighted by atomic mass is 32.1. The molecule has 19 heavy (non-hydrogen) atoms. The van der Waals surface area contributed by atoms with E-state index in [0.29, 0.717) is 11.8 Å². The van der Waals surface area contributed by atoms with Crippen molar-refractivity contribution in [2.45, 2.75) is 71.3 Å². The van der Waals surface area contributed by atoms with E-state index in [1.165, 1.54) is 41.9 Å². The molecule has 2 heteroatoms. The number of hydrogen-bond donors (Lipinski definition) is 1. The summed E-state index contributed by atoms with van der Waals surface area (Å²) in [6.45, 7) is 8.99. The van der Waals surface area contributed by atoms with Gasteiger partial charge in [0.1, 0.15) is 0 Å². The van der Waals surface area contributed by atoms with Gasteiger partial charge in [0, 0.05) is 9.75 Å². The van der Waals surface area contributed by atoms with Gasteiger partial charge in [-0.15, -0.1) is 11.3 Å². The first-order chi connectivity index (χ1) is 8.93. The van der Waals surface area contributed by atoms with E-state index >= 15 is 0 Å². The fourth-order valence-corrected chi connectivity index (χ4v) is 4.41. The predicted octanol–water partition coefficient (Wildman–Crippen LogP) is 5.30. The normalized spacial score (nSPS) is 26.4. The molecule has 0 amide bonds. The first-order valence-electron chi connectivity index (χ1n) is 7.71. The Morgan fingerprint density at radius 1 is 1.26 bits per heavy atom. The lowest BCUT2D eigenvalue weighted by molar-refractivity contribution is 0.0477. The minimum atomic E-state index is -0.244. The van der Waals surface area contributed by atoms with Crippen LogP contribution < -0.4 is 0 Å². The van der Waals surface area contributed by atoms with Crippen LogP contribution in [0, 0.1) is 11.8 Å². The summed E-state index contributed by atoms with van der Waals surface area (Å²) in [5, 5.41) is 10.7. The number of aliphatic hydroxyl groups excluding tert-OH is 1. The van der Waals surface area contributed by atoms with Crippen molar-refractivity contribution in [3.63, 3.8) is 0 Å². The van der Waals surface area contributed by atoms with Crippen LogP contribution in [0.5, 0.6) is 0 Å². The minimum absolute atomic E-state index is 0.194. The molecular weight excluding hydrogens is 252 g/mol. The molecule has 1 aliphatic carbocycles. The zero-order valence-corrected chi connectivity index (χ0v) is 13.6. The molecule has 1 heterocycles. The van der Waals surface area contributed by atoms with E-state index in [2.05, 4.69) is 39.8 Å². The molecule has 0 radical (unpaired) electrons. The Hall–Kier alpha value is -0.340. The van der Waals surface area contributed by atoms with Crippen LogP contribution in [-0.2, 0) is 5.41 Å². The highest BCUT2D eigenvalue weighted by Crippen LogP contribution is 2.43. The molecule has 0 aromatic carbocycles. The Kier molecular flexibility index (Phi) is 4.73. The summed E-state index contributed by atoms with van der Waals surface area (Å²) in [4.78, 5) is 2.56. The SMILES string of the molecule is CCC1CCCCC1C(O)c1ccc(C(C)(C)C)s1. The summed E-state index contributed by atoms with van der Waals surface area (Å²) in [5.41, 5.74) is 0.194. The van der Waals surface area contributed by atoms with Crippen molar-refractivity contribution in [1.29, 1.82) is 0 Å². The summed E-state index contributed by atoms with van der Waals surface area (Å²) in [6, 6.07) is 4.35. The van der Waals surface area contributed by atoms with Gasteiger partial charge >= 0.3 is 0 Å². The van der Waals surface area contributed by atoms with Crippen molar-refractivity contribution in [1.82, 2.24) is 0 Å². The summed E-state index contributed by atoms with van der Waals surface area (Å²) in [6.07, 6.45) is 6.10. The van der Waals surface area contributed by atoms with Gasteiger partial charge in [0.05, 0.1) is 6.10 Å². The van der Waals surface area contributed by atoms with Crippen molar-refractivity contribution >= 4 is 11.3 Å². The number of thiophene rings is 1. The summed E-state index contributed by atoms with van der Waals surface area (Å²) < 4.78 is 0. The van der Waals surface area contributed by atoms with E-state index in [1.807, 2.05) is 0 Å². The van der Waals surface area contributed by atoms with Crippen LogP contribution in [0.1, 0.15) is 75.7 Å². The van der Waals surface area contributed by atoms with Gasteiger partial charge < -0.3 is 5.11 Å². The van der Waals surface area contributed by atoms with Crippen LogP contribution in [0.4, 0.5) is 0 Å². The van der Waals surface area contributed by atoms with Crippen LogP contribution in [0.15, 0.2) is 12.1 Å². The molecule has 0 spiro atoms. The van der Waals surface area contributed by atoms with Crippen molar-refractivity contribution in [3.05, 3.63) is 21.9 Å². The molecule has 1 nitrogen and oxygen atoms in total. The average Bonchev–Trinajstić information content (AvgIpc) is 2.87. The maximum absolute atomic E-state index is 10.7. The topological polar surface area (TPSA) is 20.2 Å². The molecule has 0 bridgehead atoms. The van der Waals surface area contributed by atoms with Gasteiger partial charge in [0.25, 0.3) is 0 Å². The lowest BCUT2D eigenvalue weighted by atomic mass is 9.74. The third-order valence-corrected chi connectivity index (χ3v) is 6.14. The van der Waals surface area contributed by atoms with Crippen LogP contribution in [0.2, 0.25) is 0 Å². The lowest BCUT2D eigenvalue weighted by Crippen LogP contribution is -2.24. The van der Waals surface area contributed by atoms with Crippen LogP contribution in [-0.4, -0.2) is 5.11 Å².